The summed E-state index contributed by atoms with van der Waals surface area (Å²) in [5.74, 6) is -0.799. The van der Waals surface area contributed by atoms with E-state index in [0.717, 1.165) is 42.3 Å². The number of likely N-dealkylation sites (tertiary alicyclic amines) is 1. The Morgan fingerprint density at radius 3 is 2.29 bits per heavy atom. The number of fused-ring (bicyclic) bond motifs is 1. The van der Waals surface area contributed by atoms with Crippen LogP contribution in [-0.4, -0.2) is 130 Å². The van der Waals surface area contributed by atoms with Gasteiger partial charge in [0.2, 0.25) is 23.6 Å². The molecule has 0 unspecified atom stereocenters. The predicted octanol–water partition coefficient (Wildman–Crippen LogP) is 6.71. The zero-order valence-electron chi connectivity index (χ0n) is 39.6. The molecule has 0 spiro atoms. The molecule has 3 aliphatic rings. The van der Waals surface area contributed by atoms with Gasteiger partial charge in [0.25, 0.3) is 0 Å². The van der Waals surface area contributed by atoms with Gasteiger partial charge in [0, 0.05) is 66.8 Å². The Morgan fingerprint density at radius 2 is 1.58 bits per heavy atom. The van der Waals surface area contributed by atoms with Crippen molar-refractivity contribution >= 4 is 46.8 Å². The van der Waals surface area contributed by atoms with Crippen LogP contribution in [0.4, 0.5) is 0 Å². The van der Waals surface area contributed by atoms with E-state index in [1.165, 1.54) is 29.8 Å². The van der Waals surface area contributed by atoms with Crippen LogP contribution in [0.3, 0.4) is 0 Å². The number of imidazole rings is 1. The van der Waals surface area contributed by atoms with Crippen LogP contribution in [0.15, 0.2) is 91.1 Å². The quantitative estimate of drug-likeness (QED) is 0.138. The Kier molecular flexibility index (Phi) is 15.5. The van der Waals surface area contributed by atoms with Crippen LogP contribution >= 0.6 is 23.2 Å². The third-order valence-electron chi connectivity index (χ3n) is 13.7. The summed E-state index contributed by atoms with van der Waals surface area (Å²) in [6, 6.07) is 22.2. The SMILES string of the molecule is COc1cccc2c1OC[C@@H]2[C@@H]1CC(=O)N(Cc2ccc(Cl)cc2Oc2ccc(-c3cnc(CN4CCCC4)n3C)cc2)[C@@H](C)C(=O)N[C@@H](CO)C(=O)N(C)[C@H](Cc2ccc(Cl)cc2)CN(C)C1=O. The van der Waals surface area contributed by atoms with Crippen molar-refractivity contribution in [2.24, 2.45) is 13.0 Å². The molecule has 1 aromatic heterocycles. The number of para-hydroxylation sites is 1. The minimum absolute atomic E-state index is 0.0630. The number of nitrogens with one attached hydrogen (secondary N) is 1. The Labute approximate surface area is 412 Å². The van der Waals surface area contributed by atoms with Crippen molar-refractivity contribution in [3.05, 3.63) is 124 Å². The summed E-state index contributed by atoms with van der Waals surface area (Å²) in [5, 5.41) is 14.2. The summed E-state index contributed by atoms with van der Waals surface area (Å²) < 4.78 is 20.4. The first-order valence-electron chi connectivity index (χ1n) is 23.3. The minimum Gasteiger partial charge on any atom is -0.493 e. The van der Waals surface area contributed by atoms with Gasteiger partial charge < -0.3 is 43.9 Å². The highest BCUT2D eigenvalue weighted by Crippen LogP contribution is 2.45. The molecule has 2 fully saturated rings. The van der Waals surface area contributed by atoms with Crippen LogP contribution in [0.1, 0.15) is 54.6 Å². The third kappa shape index (κ3) is 11.0. The molecule has 15 nitrogen and oxygen atoms in total. The molecule has 364 valence electrons. The summed E-state index contributed by atoms with van der Waals surface area (Å²) in [5.41, 5.74) is 4.02. The number of methoxy groups -OCH3 is 1. The molecule has 69 heavy (non-hydrogen) atoms. The monoisotopic (exact) mass is 979 g/mol. The van der Waals surface area contributed by atoms with E-state index in [1.807, 2.05) is 61.8 Å². The fourth-order valence-electron chi connectivity index (χ4n) is 9.60. The fourth-order valence-corrected chi connectivity index (χ4v) is 9.88. The van der Waals surface area contributed by atoms with E-state index in [-0.39, 0.29) is 32.0 Å². The maximum atomic E-state index is 15.1. The lowest BCUT2D eigenvalue weighted by atomic mass is 9.83. The molecule has 8 rings (SSSR count). The average Bonchev–Trinajstić information content (AvgIpc) is 4.12. The zero-order chi connectivity index (χ0) is 48.9. The van der Waals surface area contributed by atoms with E-state index < -0.39 is 54.3 Å². The van der Waals surface area contributed by atoms with Crippen molar-refractivity contribution in [1.82, 2.24) is 34.5 Å². The smallest absolute Gasteiger partial charge is 0.247 e. The van der Waals surface area contributed by atoms with E-state index in [9.17, 15) is 14.7 Å². The van der Waals surface area contributed by atoms with Gasteiger partial charge in [0.05, 0.1) is 57.3 Å². The summed E-state index contributed by atoms with van der Waals surface area (Å²) in [6.07, 6.45) is 4.31. The normalized spacial score (nSPS) is 21.8. The van der Waals surface area contributed by atoms with Crippen molar-refractivity contribution < 1.29 is 38.5 Å². The highest BCUT2D eigenvalue weighted by atomic mass is 35.5. The first kappa shape index (κ1) is 49.3. The molecule has 2 N–H and O–H groups in total. The van der Waals surface area contributed by atoms with Crippen LogP contribution in [-0.2, 0) is 45.7 Å². The molecule has 0 bridgehead atoms. The number of aliphatic hydroxyl groups excluding tert-OH is 1. The lowest BCUT2D eigenvalue weighted by Crippen LogP contribution is -2.58. The minimum atomic E-state index is -1.35. The molecule has 0 radical (unpaired) electrons. The third-order valence-corrected chi connectivity index (χ3v) is 14.2. The standard InChI is InChI=1S/C52H59Cl2N7O8/c1-32-50(64)56-43(30-62)52(66)58(3)38(23-33-11-16-36(53)17-12-33)28-57(2)51(65)41(42-31-68-49-40(42)9-8-10-45(49)67-5)25-48(63)61(32)27-35-13-18-37(54)24-46(35)69-39-19-14-34(15-20-39)44-26-55-47(59(44)4)29-60-21-6-7-22-60/h8-20,24,26,32,38,41-43,62H,6-7,21-23,25,27-31H2,1-5H3,(H,56,64)/t32-,38+,41-,42-,43-/m0/s1. The van der Waals surface area contributed by atoms with Crippen molar-refractivity contribution in [2.45, 2.75) is 69.7 Å². The van der Waals surface area contributed by atoms with Crippen LogP contribution in [0, 0.1) is 5.92 Å². The number of nitrogens with zero attached hydrogens (tertiary/aromatic N) is 6. The van der Waals surface area contributed by atoms with Gasteiger partial charge in [-0.15, -0.1) is 0 Å². The van der Waals surface area contributed by atoms with Gasteiger partial charge in [-0.05, 0) is 99.4 Å². The Bertz CT molecular complexity index is 2660. The number of carbonyl (C=O) groups is 4. The number of likely N-dealkylation sites (N-methyl/N-ethyl adjacent to an activating group) is 2. The number of ether oxygens (including phenoxy) is 3. The molecule has 4 heterocycles. The summed E-state index contributed by atoms with van der Waals surface area (Å²) in [4.78, 5) is 70.3. The molecule has 0 aliphatic carbocycles. The Morgan fingerprint density at radius 1 is 0.855 bits per heavy atom. The second kappa shape index (κ2) is 21.7. The number of aliphatic hydroxyl groups is 1. The van der Waals surface area contributed by atoms with Crippen LogP contribution in [0.25, 0.3) is 11.3 Å². The molecule has 0 saturated carbocycles. The van der Waals surface area contributed by atoms with Gasteiger partial charge in [-0.3, -0.25) is 24.1 Å². The number of hydrogen-bond donors (Lipinski definition) is 2. The van der Waals surface area contributed by atoms with Crippen LogP contribution in [0.2, 0.25) is 10.0 Å². The van der Waals surface area contributed by atoms with Crippen LogP contribution in [0.5, 0.6) is 23.0 Å². The number of benzene rings is 4. The molecule has 17 heteroatoms. The molecule has 3 aliphatic heterocycles. The number of aromatic nitrogens is 2. The summed E-state index contributed by atoms with van der Waals surface area (Å²) >= 11 is 12.8. The first-order chi connectivity index (χ1) is 33.2. The second-order valence-electron chi connectivity index (χ2n) is 18.2. The van der Waals surface area contributed by atoms with E-state index in [1.54, 1.807) is 62.3 Å². The highest BCUT2D eigenvalue weighted by Gasteiger charge is 2.43. The van der Waals surface area contributed by atoms with Gasteiger partial charge in [-0.2, -0.15) is 0 Å². The number of hydrogen-bond acceptors (Lipinski definition) is 10. The lowest BCUT2D eigenvalue weighted by molar-refractivity contribution is -0.148. The van der Waals surface area contributed by atoms with Gasteiger partial charge >= 0.3 is 0 Å². The highest BCUT2D eigenvalue weighted by molar-refractivity contribution is 6.31. The molecule has 4 amide bonds. The van der Waals surface area contributed by atoms with Crippen molar-refractivity contribution in [1.29, 1.82) is 0 Å². The van der Waals surface area contributed by atoms with E-state index >= 15 is 9.59 Å². The summed E-state index contributed by atoms with van der Waals surface area (Å²) in [7, 11) is 6.80. The second-order valence-corrected chi connectivity index (χ2v) is 19.1. The summed E-state index contributed by atoms with van der Waals surface area (Å²) in [6.45, 7) is 3.81. The average molecular weight is 981 g/mol. The lowest BCUT2D eigenvalue weighted by Gasteiger charge is -2.37. The topological polar surface area (TPSA) is 159 Å². The molecule has 4 aromatic carbocycles. The number of halogens is 2. The van der Waals surface area contributed by atoms with E-state index in [0.29, 0.717) is 50.6 Å². The number of carbonyl (C=O) groups excluding carboxylic acids is 4. The predicted molar refractivity (Wildman–Crippen MR) is 262 cm³/mol. The van der Waals surface area contributed by atoms with Gasteiger partial charge in [0.1, 0.15) is 29.4 Å². The molecular formula is C52H59Cl2N7O8. The van der Waals surface area contributed by atoms with Crippen LogP contribution < -0.4 is 19.5 Å². The maximum Gasteiger partial charge on any atom is 0.247 e. The van der Waals surface area contributed by atoms with Gasteiger partial charge in [-0.25, -0.2) is 4.98 Å². The van der Waals surface area contributed by atoms with Gasteiger partial charge in [0.15, 0.2) is 11.5 Å². The molecular weight excluding hydrogens is 922 g/mol. The Hall–Kier alpha value is -6.13. The van der Waals surface area contributed by atoms with E-state index in [4.69, 9.17) is 42.4 Å². The maximum absolute atomic E-state index is 15.1. The van der Waals surface area contributed by atoms with Crippen molar-refractivity contribution in [3.8, 4) is 34.3 Å². The van der Waals surface area contributed by atoms with E-state index in [2.05, 4.69) is 14.8 Å². The zero-order valence-corrected chi connectivity index (χ0v) is 41.1. The van der Waals surface area contributed by atoms with Gasteiger partial charge in [-0.1, -0.05) is 53.5 Å². The fraction of sp³-hybridized carbons (Fsp3) is 0.404. The van der Waals surface area contributed by atoms with Crippen molar-refractivity contribution in [2.75, 3.05) is 54.1 Å². The molecule has 5 atom stereocenters. The number of rotatable bonds is 12. The molecule has 2 saturated heterocycles. The Balaban J connectivity index is 1.11. The largest absolute Gasteiger partial charge is 0.493 e. The number of amides is 4. The van der Waals surface area contributed by atoms with Crippen molar-refractivity contribution in [3.63, 3.8) is 0 Å². The molecule has 5 aromatic rings. The first-order valence-corrected chi connectivity index (χ1v) is 24.0.